The van der Waals surface area contributed by atoms with Gasteiger partial charge in [-0.05, 0) is 61.5 Å². The van der Waals surface area contributed by atoms with Crippen molar-refractivity contribution in [2.75, 3.05) is 22.1 Å². The van der Waals surface area contributed by atoms with Crippen molar-refractivity contribution in [1.29, 1.82) is 0 Å². The average molecular weight is 332 g/mol. The molecule has 0 radical (unpaired) electrons. The standard InChI is InChI=1S/C20H20N4O/c1-13-3-2-4-14(11-13)20(25)24-17-8-6-16(7-9-17)23-19-10-5-15(21)12-18(19)22/h2-12,23H,21-22H2,1H3,(H,24,25). The van der Waals surface area contributed by atoms with Gasteiger partial charge in [-0.1, -0.05) is 17.7 Å². The van der Waals surface area contributed by atoms with Gasteiger partial charge in [0.15, 0.2) is 0 Å². The minimum Gasteiger partial charge on any atom is -0.399 e. The molecule has 0 aliphatic carbocycles. The van der Waals surface area contributed by atoms with Crippen LogP contribution in [0.25, 0.3) is 0 Å². The third kappa shape index (κ3) is 4.09. The molecule has 0 aromatic heterocycles. The maximum atomic E-state index is 12.3. The number of hydrogen-bond donors (Lipinski definition) is 4. The van der Waals surface area contributed by atoms with Crippen molar-refractivity contribution in [2.24, 2.45) is 0 Å². The Labute approximate surface area is 146 Å². The number of carbonyl (C=O) groups excluding carboxylic acids is 1. The van der Waals surface area contributed by atoms with Crippen LogP contribution in [-0.4, -0.2) is 5.91 Å². The molecule has 6 N–H and O–H groups in total. The van der Waals surface area contributed by atoms with Crippen LogP contribution < -0.4 is 22.1 Å². The number of nitrogen functional groups attached to an aromatic ring is 2. The third-order valence-electron chi connectivity index (χ3n) is 3.78. The fraction of sp³-hybridized carbons (Fsp3) is 0.0500. The maximum absolute atomic E-state index is 12.3. The molecule has 0 fully saturated rings. The molecule has 0 heterocycles. The van der Waals surface area contributed by atoms with Gasteiger partial charge in [0.25, 0.3) is 5.91 Å². The van der Waals surface area contributed by atoms with Gasteiger partial charge in [0.05, 0.1) is 11.4 Å². The molecule has 3 aromatic carbocycles. The van der Waals surface area contributed by atoms with Crippen LogP contribution in [0, 0.1) is 6.92 Å². The van der Waals surface area contributed by atoms with E-state index in [0.29, 0.717) is 16.9 Å². The van der Waals surface area contributed by atoms with Crippen molar-refractivity contribution in [3.63, 3.8) is 0 Å². The van der Waals surface area contributed by atoms with E-state index in [1.54, 1.807) is 18.2 Å². The zero-order valence-electron chi connectivity index (χ0n) is 13.9. The molecule has 3 rings (SSSR count). The summed E-state index contributed by atoms with van der Waals surface area (Å²) in [5.74, 6) is -0.132. The van der Waals surface area contributed by atoms with Crippen molar-refractivity contribution < 1.29 is 4.79 Å². The first-order valence-corrected chi connectivity index (χ1v) is 7.91. The molecule has 3 aromatic rings. The Bertz CT molecular complexity index is 904. The third-order valence-corrected chi connectivity index (χ3v) is 3.78. The van der Waals surface area contributed by atoms with Crippen LogP contribution >= 0.6 is 0 Å². The normalized spacial score (nSPS) is 10.3. The maximum Gasteiger partial charge on any atom is 0.255 e. The van der Waals surface area contributed by atoms with Gasteiger partial charge in [0.1, 0.15) is 0 Å². The minimum atomic E-state index is -0.132. The number of carbonyl (C=O) groups is 1. The Kier molecular flexibility index (Phi) is 4.57. The molecule has 25 heavy (non-hydrogen) atoms. The fourth-order valence-electron chi connectivity index (χ4n) is 2.48. The van der Waals surface area contributed by atoms with Crippen molar-refractivity contribution in [3.8, 4) is 0 Å². The number of hydrogen-bond acceptors (Lipinski definition) is 4. The lowest BCUT2D eigenvalue weighted by Crippen LogP contribution is -2.11. The van der Waals surface area contributed by atoms with Crippen molar-refractivity contribution in [1.82, 2.24) is 0 Å². The van der Waals surface area contributed by atoms with Gasteiger partial charge in [-0.3, -0.25) is 4.79 Å². The van der Waals surface area contributed by atoms with Crippen LogP contribution in [0.4, 0.5) is 28.4 Å². The first-order chi connectivity index (χ1) is 12.0. The first kappa shape index (κ1) is 16.4. The zero-order valence-corrected chi connectivity index (χ0v) is 13.9. The molecule has 5 nitrogen and oxygen atoms in total. The Morgan fingerprint density at radius 2 is 1.60 bits per heavy atom. The highest BCUT2D eigenvalue weighted by molar-refractivity contribution is 6.04. The van der Waals surface area contributed by atoms with Crippen molar-refractivity contribution in [2.45, 2.75) is 6.92 Å². The molecule has 0 atom stereocenters. The van der Waals surface area contributed by atoms with Crippen LogP contribution in [0.3, 0.4) is 0 Å². The van der Waals surface area contributed by atoms with Gasteiger partial charge in [0.2, 0.25) is 0 Å². The topological polar surface area (TPSA) is 93.2 Å². The van der Waals surface area contributed by atoms with Gasteiger partial charge in [-0.15, -0.1) is 0 Å². The molecule has 1 amide bonds. The number of rotatable bonds is 4. The lowest BCUT2D eigenvalue weighted by Gasteiger charge is -2.11. The van der Waals surface area contributed by atoms with Gasteiger partial charge in [-0.25, -0.2) is 0 Å². The lowest BCUT2D eigenvalue weighted by molar-refractivity contribution is 0.102. The molecule has 0 saturated heterocycles. The highest BCUT2D eigenvalue weighted by Gasteiger charge is 2.06. The molecule has 5 heteroatoms. The summed E-state index contributed by atoms with van der Waals surface area (Å²) >= 11 is 0. The van der Waals surface area contributed by atoms with Crippen LogP contribution in [0.1, 0.15) is 15.9 Å². The van der Waals surface area contributed by atoms with E-state index in [2.05, 4.69) is 10.6 Å². The Morgan fingerprint density at radius 3 is 2.28 bits per heavy atom. The zero-order chi connectivity index (χ0) is 17.8. The number of amides is 1. The first-order valence-electron chi connectivity index (χ1n) is 7.91. The van der Waals surface area contributed by atoms with E-state index >= 15 is 0 Å². The minimum absolute atomic E-state index is 0.132. The largest absolute Gasteiger partial charge is 0.399 e. The molecule has 0 aliphatic heterocycles. The SMILES string of the molecule is Cc1cccc(C(=O)Nc2ccc(Nc3ccc(N)cc3N)cc2)c1. The second kappa shape index (κ2) is 6.97. The lowest BCUT2D eigenvalue weighted by atomic mass is 10.1. The summed E-state index contributed by atoms with van der Waals surface area (Å²) in [5.41, 5.74) is 16.9. The number of benzene rings is 3. The second-order valence-electron chi connectivity index (χ2n) is 5.87. The monoisotopic (exact) mass is 332 g/mol. The summed E-state index contributed by atoms with van der Waals surface area (Å²) in [6.07, 6.45) is 0. The van der Waals surface area contributed by atoms with E-state index in [-0.39, 0.29) is 5.91 Å². The van der Waals surface area contributed by atoms with Gasteiger partial charge in [0, 0.05) is 22.6 Å². The number of nitrogens with one attached hydrogen (secondary N) is 2. The fourth-order valence-corrected chi connectivity index (χ4v) is 2.48. The van der Waals surface area contributed by atoms with E-state index in [0.717, 1.165) is 22.6 Å². The Morgan fingerprint density at radius 1 is 0.880 bits per heavy atom. The number of aryl methyl sites for hydroxylation is 1. The second-order valence-corrected chi connectivity index (χ2v) is 5.87. The molecular weight excluding hydrogens is 312 g/mol. The van der Waals surface area contributed by atoms with Crippen molar-refractivity contribution >= 4 is 34.3 Å². The van der Waals surface area contributed by atoms with Crippen LogP contribution in [0.5, 0.6) is 0 Å². The van der Waals surface area contributed by atoms with E-state index in [4.69, 9.17) is 11.5 Å². The average Bonchev–Trinajstić information content (AvgIpc) is 2.59. The van der Waals surface area contributed by atoms with Crippen molar-refractivity contribution in [3.05, 3.63) is 77.9 Å². The molecule has 126 valence electrons. The van der Waals surface area contributed by atoms with Crippen LogP contribution in [-0.2, 0) is 0 Å². The molecule has 0 aliphatic rings. The predicted octanol–water partition coefficient (Wildman–Crippen LogP) is 4.16. The number of nitrogens with two attached hydrogens (primary N) is 2. The summed E-state index contributed by atoms with van der Waals surface area (Å²) in [7, 11) is 0. The Balaban J connectivity index is 1.69. The highest BCUT2D eigenvalue weighted by Crippen LogP contribution is 2.25. The molecule has 0 spiro atoms. The molecule has 0 unspecified atom stereocenters. The van der Waals surface area contributed by atoms with E-state index in [1.807, 2.05) is 55.5 Å². The van der Waals surface area contributed by atoms with Gasteiger partial charge >= 0.3 is 0 Å². The summed E-state index contributed by atoms with van der Waals surface area (Å²) in [4.78, 5) is 12.3. The molecule has 0 bridgehead atoms. The predicted molar refractivity (Wildman–Crippen MR) is 104 cm³/mol. The van der Waals surface area contributed by atoms with E-state index in [9.17, 15) is 4.79 Å². The van der Waals surface area contributed by atoms with Gasteiger partial charge < -0.3 is 22.1 Å². The summed E-state index contributed by atoms with van der Waals surface area (Å²) in [6.45, 7) is 1.96. The molecular formula is C20H20N4O. The summed E-state index contributed by atoms with van der Waals surface area (Å²) < 4.78 is 0. The Hall–Kier alpha value is -3.47. The van der Waals surface area contributed by atoms with E-state index in [1.165, 1.54) is 0 Å². The smallest absolute Gasteiger partial charge is 0.255 e. The molecule has 0 saturated carbocycles. The highest BCUT2D eigenvalue weighted by atomic mass is 16.1. The quantitative estimate of drug-likeness (QED) is 0.540. The van der Waals surface area contributed by atoms with Gasteiger partial charge in [-0.2, -0.15) is 0 Å². The number of anilines is 5. The summed E-state index contributed by atoms with van der Waals surface area (Å²) in [5, 5.41) is 6.11. The van der Waals surface area contributed by atoms with Crippen LogP contribution in [0.15, 0.2) is 66.7 Å². The van der Waals surface area contributed by atoms with E-state index < -0.39 is 0 Å². The van der Waals surface area contributed by atoms with Crippen LogP contribution in [0.2, 0.25) is 0 Å². The summed E-state index contributed by atoms with van der Waals surface area (Å²) in [6, 6.07) is 20.2.